The molecule has 6 heteroatoms. The Balaban J connectivity index is 1.36. The number of benzene rings is 7. The van der Waals surface area contributed by atoms with Crippen LogP contribution in [0, 0.1) is 0 Å². The van der Waals surface area contributed by atoms with Gasteiger partial charge in [0.15, 0.2) is 11.6 Å². The van der Waals surface area contributed by atoms with Crippen molar-refractivity contribution in [1.82, 2.24) is 24.1 Å². The van der Waals surface area contributed by atoms with E-state index in [1.807, 2.05) is 72.8 Å². The number of aromatic nitrogens is 5. The number of fused-ring (bicyclic) bond motifs is 11. The molecular weight excluding hydrogens is 627 g/mol. The zero-order chi connectivity index (χ0) is 33.5. The number of nitrogens with zero attached hydrogens (tertiary/aromatic N) is 5. The SMILES string of the molecule is c1ccc(-c2nc(-c3ccccc3)nc(-n3c4ccccc4c4ccc5c6c7c(ccc6n(-c6ccccc6)c5c43)oc3ccccc37)n2)cc1. The molecule has 51 heavy (non-hydrogen) atoms. The van der Waals surface area contributed by atoms with Crippen molar-refractivity contribution in [3.05, 3.63) is 164 Å². The van der Waals surface area contributed by atoms with Gasteiger partial charge in [-0.25, -0.2) is 4.98 Å². The molecule has 0 aliphatic heterocycles. The lowest BCUT2D eigenvalue weighted by atomic mass is 10.0. The second-order valence-electron chi connectivity index (χ2n) is 12.8. The lowest BCUT2D eigenvalue weighted by Crippen LogP contribution is -2.07. The van der Waals surface area contributed by atoms with Crippen LogP contribution >= 0.6 is 0 Å². The van der Waals surface area contributed by atoms with Gasteiger partial charge in [-0.2, -0.15) is 9.97 Å². The number of hydrogen-bond acceptors (Lipinski definition) is 4. The zero-order valence-corrected chi connectivity index (χ0v) is 27.2. The monoisotopic (exact) mass is 653 g/mol. The van der Waals surface area contributed by atoms with Crippen molar-refractivity contribution in [3.63, 3.8) is 0 Å². The van der Waals surface area contributed by atoms with Gasteiger partial charge in [0.05, 0.1) is 22.1 Å². The summed E-state index contributed by atoms with van der Waals surface area (Å²) in [5.41, 5.74) is 8.90. The van der Waals surface area contributed by atoms with Crippen LogP contribution < -0.4 is 0 Å². The summed E-state index contributed by atoms with van der Waals surface area (Å²) in [6.45, 7) is 0. The van der Waals surface area contributed by atoms with Gasteiger partial charge in [0, 0.05) is 49.1 Å². The summed E-state index contributed by atoms with van der Waals surface area (Å²) in [6, 6.07) is 56.5. The molecule has 0 fully saturated rings. The van der Waals surface area contributed by atoms with E-state index in [1.165, 1.54) is 0 Å². The van der Waals surface area contributed by atoms with Crippen molar-refractivity contribution in [2.75, 3.05) is 0 Å². The van der Waals surface area contributed by atoms with Gasteiger partial charge in [0.25, 0.3) is 0 Å². The van der Waals surface area contributed by atoms with Crippen molar-refractivity contribution in [3.8, 4) is 34.4 Å². The van der Waals surface area contributed by atoms with Gasteiger partial charge in [-0.3, -0.25) is 4.57 Å². The third kappa shape index (κ3) is 4.07. The molecule has 0 bridgehead atoms. The Morgan fingerprint density at radius 2 is 0.961 bits per heavy atom. The van der Waals surface area contributed by atoms with E-state index in [4.69, 9.17) is 19.4 Å². The zero-order valence-electron chi connectivity index (χ0n) is 27.2. The first kappa shape index (κ1) is 27.9. The molecule has 0 N–H and O–H groups in total. The maximum Gasteiger partial charge on any atom is 0.238 e. The van der Waals surface area contributed by atoms with E-state index in [9.17, 15) is 0 Å². The van der Waals surface area contributed by atoms with Crippen LogP contribution in [-0.2, 0) is 0 Å². The second-order valence-corrected chi connectivity index (χ2v) is 12.8. The third-order valence-corrected chi connectivity index (χ3v) is 9.97. The largest absolute Gasteiger partial charge is 0.456 e. The molecule has 4 aromatic heterocycles. The summed E-state index contributed by atoms with van der Waals surface area (Å²) in [5, 5.41) is 6.74. The Morgan fingerprint density at radius 3 is 1.69 bits per heavy atom. The van der Waals surface area contributed by atoms with Crippen LogP contribution in [0.25, 0.3) is 100.0 Å². The summed E-state index contributed by atoms with van der Waals surface area (Å²) in [7, 11) is 0. The minimum atomic E-state index is 0.560. The van der Waals surface area contributed by atoms with Crippen LogP contribution in [0.15, 0.2) is 168 Å². The number of para-hydroxylation sites is 3. The average Bonchev–Trinajstić information content (AvgIpc) is 3.86. The molecule has 6 nitrogen and oxygen atoms in total. The molecular formula is C45H27N5O. The Hall–Kier alpha value is -7.05. The molecule has 11 rings (SSSR count). The van der Waals surface area contributed by atoms with Crippen molar-refractivity contribution in [2.24, 2.45) is 0 Å². The van der Waals surface area contributed by atoms with Crippen molar-refractivity contribution >= 4 is 65.6 Å². The van der Waals surface area contributed by atoms with Crippen LogP contribution in [0.5, 0.6) is 0 Å². The normalized spacial score (nSPS) is 11.9. The molecule has 0 radical (unpaired) electrons. The second kappa shape index (κ2) is 10.7. The van der Waals surface area contributed by atoms with Crippen LogP contribution in [0.4, 0.5) is 0 Å². The molecule has 238 valence electrons. The highest BCUT2D eigenvalue weighted by Crippen LogP contribution is 2.45. The van der Waals surface area contributed by atoms with Crippen molar-refractivity contribution < 1.29 is 4.42 Å². The van der Waals surface area contributed by atoms with Gasteiger partial charge >= 0.3 is 0 Å². The molecule has 7 aromatic carbocycles. The fourth-order valence-corrected chi connectivity index (χ4v) is 7.80. The van der Waals surface area contributed by atoms with Crippen molar-refractivity contribution in [2.45, 2.75) is 0 Å². The molecule has 0 aliphatic carbocycles. The van der Waals surface area contributed by atoms with E-state index in [1.54, 1.807) is 0 Å². The molecule has 11 aromatic rings. The summed E-state index contributed by atoms with van der Waals surface area (Å²) >= 11 is 0. The van der Waals surface area contributed by atoms with Crippen LogP contribution in [0.1, 0.15) is 0 Å². The summed E-state index contributed by atoms with van der Waals surface area (Å²) in [6.07, 6.45) is 0. The topological polar surface area (TPSA) is 61.7 Å². The summed E-state index contributed by atoms with van der Waals surface area (Å²) < 4.78 is 11.0. The van der Waals surface area contributed by atoms with Gasteiger partial charge in [-0.1, -0.05) is 127 Å². The molecule has 4 heterocycles. The first-order valence-corrected chi connectivity index (χ1v) is 17.0. The van der Waals surface area contributed by atoms with E-state index < -0.39 is 0 Å². The van der Waals surface area contributed by atoms with E-state index in [2.05, 4.69) is 100 Å². The van der Waals surface area contributed by atoms with E-state index >= 15 is 0 Å². The first-order valence-electron chi connectivity index (χ1n) is 17.0. The summed E-state index contributed by atoms with van der Waals surface area (Å²) in [5.74, 6) is 1.80. The molecule has 0 spiro atoms. The van der Waals surface area contributed by atoms with Crippen LogP contribution in [0.3, 0.4) is 0 Å². The number of hydrogen-bond donors (Lipinski definition) is 0. The fourth-order valence-electron chi connectivity index (χ4n) is 7.80. The molecule has 0 aliphatic rings. The van der Waals surface area contributed by atoms with Gasteiger partial charge in [0.2, 0.25) is 5.95 Å². The molecule has 0 unspecified atom stereocenters. The number of rotatable bonds is 4. The van der Waals surface area contributed by atoms with Gasteiger partial charge in [-0.05, 0) is 36.4 Å². The van der Waals surface area contributed by atoms with Crippen molar-refractivity contribution in [1.29, 1.82) is 0 Å². The minimum absolute atomic E-state index is 0.560. The summed E-state index contributed by atoms with van der Waals surface area (Å²) in [4.78, 5) is 15.5. The Morgan fingerprint density at radius 1 is 0.373 bits per heavy atom. The highest BCUT2D eigenvalue weighted by Gasteiger charge is 2.25. The Labute approximate surface area is 291 Å². The van der Waals surface area contributed by atoms with Gasteiger partial charge in [0.1, 0.15) is 11.2 Å². The predicted molar refractivity (Wildman–Crippen MR) is 207 cm³/mol. The average molecular weight is 654 g/mol. The lowest BCUT2D eigenvalue weighted by molar-refractivity contribution is 0.669. The van der Waals surface area contributed by atoms with Gasteiger partial charge < -0.3 is 8.98 Å². The first-order chi connectivity index (χ1) is 25.3. The smallest absolute Gasteiger partial charge is 0.238 e. The highest BCUT2D eigenvalue weighted by molar-refractivity contribution is 6.31. The molecule has 0 amide bonds. The van der Waals surface area contributed by atoms with Crippen LogP contribution in [0.2, 0.25) is 0 Å². The maximum absolute atomic E-state index is 6.42. The fraction of sp³-hybridized carbons (Fsp3) is 0. The minimum Gasteiger partial charge on any atom is -0.456 e. The van der Waals surface area contributed by atoms with E-state index in [0.717, 1.165) is 82.4 Å². The highest BCUT2D eigenvalue weighted by atomic mass is 16.3. The van der Waals surface area contributed by atoms with Crippen LogP contribution in [-0.4, -0.2) is 24.1 Å². The maximum atomic E-state index is 6.42. The Kier molecular flexibility index (Phi) is 5.86. The quantitative estimate of drug-likeness (QED) is 0.190. The lowest BCUT2D eigenvalue weighted by Gasteiger charge is -2.13. The third-order valence-electron chi connectivity index (χ3n) is 9.97. The van der Waals surface area contributed by atoms with E-state index in [-0.39, 0.29) is 0 Å². The predicted octanol–water partition coefficient (Wildman–Crippen LogP) is 11.3. The standard InChI is InChI=1S/C45H27N5O/c1-4-14-28(15-5-1)43-46-44(29-16-6-2-7-17-29)48-45(47-43)50-35-22-12-10-20-31(35)32-24-25-34-39-36(49(42(34)41(32)50)30-18-8-3-9-19-30)26-27-38-40(39)33-21-11-13-23-37(33)51-38/h1-27H. The molecule has 0 atom stereocenters. The molecule has 0 saturated heterocycles. The molecule has 0 saturated carbocycles. The van der Waals surface area contributed by atoms with E-state index in [0.29, 0.717) is 17.6 Å². The van der Waals surface area contributed by atoms with Gasteiger partial charge in [-0.15, -0.1) is 0 Å². The Bertz CT molecular complexity index is 3060. The number of furan rings is 1.